The molecule has 2 heterocycles. The number of hydrogen-bond donors (Lipinski definition) is 2. The van der Waals surface area contributed by atoms with E-state index < -0.39 is 11.9 Å². The molecule has 1 atom stereocenters. The van der Waals surface area contributed by atoms with Crippen LogP contribution in [0.5, 0.6) is 0 Å². The van der Waals surface area contributed by atoms with E-state index in [0.717, 1.165) is 0 Å². The molecule has 0 saturated carbocycles. The van der Waals surface area contributed by atoms with E-state index in [2.05, 4.69) is 9.97 Å². The van der Waals surface area contributed by atoms with Crippen molar-refractivity contribution in [3.8, 4) is 0 Å². The first-order valence-electron chi connectivity index (χ1n) is 4.98. The summed E-state index contributed by atoms with van der Waals surface area (Å²) >= 11 is 1.90. The van der Waals surface area contributed by atoms with Gasteiger partial charge in [-0.05, 0) is 22.6 Å². The van der Waals surface area contributed by atoms with E-state index in [-0.39, 0.29) is 12.2 Å². The Morgan fingerprint density at radius 2 is 2.47 bits per heavy atom. The zero-order valence-corrected chi connectivity index (χ0v) is 11.0. The number of carbonyl (C=O) groups excluding carboxylic acids is 1. The van der Waals surface area contributed by atoms with E-state index in [1.165, 1.54) is 6.33 Å². The Hall–Kier alpha value is -1.16. The number of aromatic nitrogens is 2. The number of ether oxygens (including phenoxy) is 1. The molecule has 8 heteroatoms. The van der Waals surface area contributed by atoms with Gasteiger partial charge in [-0.25, -0.2) is 4.98 Å². The summed E-state index contributed by atoms with van der Waals surface area (Å²) in [5.41, 5.74) is 5.08. The third-order valence-corrected chi connectivity index (χ3v) is 3.48. The molecule has 0 spiro atoms. The lowest BCUT2D eigenvalue weighted by atomic mass is 10.2. The number of nitrogens with zero attached hydrogens (tertiary/aromatic N) is 2. The quantitative estimate of drug-likeness (QED) is 0.671. The van der Waals surface area contributed by atoms with Gasteiger partial charge in [-0.3, -0.25) is 9.59 Å². The van der Waals surface area contributed by atoms with Gasteiger partial charge in [0.1, 0.15) is 15.4 Å². The Labute approximate surface area is 110 Å². The molecule has 3 N–H and O–H groups in total. The highest BCUT2D eigenvalue weighted by atomic mass is 127. The Bertz CT molecular complexity index is 489. The number of nitrogens with one attached hydrogen (secondary N) is 1. The van der Waals surface area contributed by atoms with Crippen molar-refractivity contribution < 1.29 is 9.53 Å². The minimum atomic E-state index is -0.577. The summed E-state index contributed by atoms with van der Waals surface area (Å²) in [6, 6.07) is -0.577. The van der Waals surface area contributed by atoms with Crippen molar-refractivity contribution in [2.45, 2.75) is 6.04 Å². The fraction of sp³-hybridized carbons (Fsp3) is 0.444. The first-order chi connectivity index (χ1) is 8.11. The van der Waals surface area contributed by atoms with E-state index in [1.807, 2.05) is 22.6 Å². The number of nitrogens with two attached hydrogens (primary N) is 1. The summed E-state index contributed by atoms with van der Waals surface area (Å²) in [6.45, 7) is 1.19. The number of rotatable bonds is 2. The van der Waals surface area contributed by atoms with Gasteiger partial charge in [0.25, 0.3) is 5.56 Å². The largest absolute Gasteiger partial charge is 0.377 e. The van der Waals surface area contributed by atoms with Crippen LogP contribution >= 0.6 is 22.6 Å². The summed E-state index contributed by atoms with van der Waals surface area (Å²) in [5, 5.41) is 0. The van der Waals surface area contributed by atoms with Crippen LogP contribution in [-0.4, -0.2) is 41.7 Å². The summed E-state index contributed by atoms with van der Waals surface area (Å²) in [7, 11) is 0. The fourth-order valence-electron chi connectivity index (χ4n) is 1.67. The summed E-state index contributed by atoms with van der Waals surface area (Å²) < 4.78 is 5.65. The normalized spacial score (nSPS) is 20.3. The zero-order valence-electron chi connectivity index (χ0n) is 8.85. The Kier molecular flexibility index (Phi) is 3.62. The van der Waals surface area contributed by atoms with Crippen LogP contribution in [0.2, 0.25) is 0 Å². The van der Waals surface area contributed by atoms with Crippen molar-refractivity contribution >= 4 is 34.3 Å². The lowest BCUT2D eigenvalue weighted by molar-refractivity contribution is -0.121. The monoisotopic (exact) mass is 350 g/mol. The van der Waals surface area contributed by atoms with Crippen molar-refractivity contribution in [1.82, 2.24) is 9.97 Å². The van der Waals surface area contributed by atoms with Gasteiger partial charge < -0.3 is 20.4 Å². The highest BCUT2D eigenvalue weighted by molar-refractivity contribution is 14.1. The van der Waals surface area contributed by atoms with Gasteiger partial charge in [0.05, 0.1) is 19.5 Å². The molecule has 1 aliphatic rings. The van der Waals surface area contributed by atoms with Crippen LogP contribution in [0.4, 0.5) is 5.82 Å². The third kappa shape index (κ3) is 2.41. The van der Waals surface area contributed by atoms with Gasteiger partial charge in [-0.2, -0.15) is 0 Å². The van der Waals surface area contributed by atoms with Gasteiger partial charge in [-0.15, -0.1) is 0 Å². The maximum Gasteiger partial charge on any atom is 0.266 e. The molecule has 2 rings (SSSR count). The molecule has 0 aromatic carbocycles. The number of morpholine rings is 1. The van der Waals surface area contributed by atoms with Gasteiger partial charge in [0, 0.05) is 6.54 Å². The minimum absolute atomic E-state index is 0.222. The number of hydrogen-bond acceptors (Lipinski definition) is 5. The lowest BCUT2D eigenvalue weighted by Gasteiger charge is -2.34. The van der Waals surface area contributed by atoms with Crippen LogP contribution in [-0.2, 0) is 9.53 Å². The zero-order chi connectivity index (χ0) is 12.4. The molecule has 0 radical (unpaired) electrons. The Balaban J connectivity index is 2.39. The van der Waals surface area contributed by atoms with Crippen molar-refractivity contribution in [2.75, 3.05) is 24.7 Å². The molecule has 1 aromatic heterocycles. The first-order valence-corrected chi connectivity index (χ1v) is 6.06. The third-order valence-electron chi connectivity index (χ3n) is 2.51. The fourth-order valence-corrected chi connectivity index (χ4v) is 2.27. The molecule has 1 saturated heterocycles. The molecule has 1 unspecified atom stereocenters. The first kappa shape index (κ1) is 12.3. The maximum absolute atomic E-state index is 11.5. The molecule has 0 aliphatic carbocycles. The van der Waals surface area contributed by atoms with E-state index >= 15 is 0 Å². The average molecular weight is 350 g/mol. The summed E-state index contributed by atoms with van der Waals surface area (Å²) in [5.74, 6) is -0.0102. The second-order valence-electron chi connectivity index (χ2n) is 3.56. The highest BCUT2D eigenvalue weighted by Gasteiger charge is 2.30. The predicted molar refractivity (Wildman–Crippen MR) is 68.7 cm³/mol. The molecule has 17 heavy (non-hydrogen) atoms. The van der Waals surface area contributed by atoms with Crippen molar-refractivity contribution in [2.24, 2.45) is 5.73 Å². The molecule has 1 amide bonds. The maximum atomic E-state index is 11.5. The van der Waals surface area contributed by atoms with Crippen molar-refractivity contribution in [1.29, 1.82) is 0 Å². The highest BCUT2D eigenvalue weighted by Crippen LogP contribution is 2.20. The molecule has 1 aromatic rings. The number of carbonyl (C=O) groups is 1. The van der Waals surface area contributed by atoms with Crippen LogP contribution in [0.3, 0.4) is 0 Å². The molecule has 0 bridgehead atoms. The molecular formula is C9H11IN4O3. The molecule has 92 valence electrons. The van der Waals surface area contributed by atoms with Crippen LogP contribution in [0, 0.1) is 3.57 Å². The Morgan fingerprint density at radius 1 is 1.71 bits per heavy atom. The number of aromatic amines is 1. The minimum Gasteiger partial charge on any atom is -0.377 e. The van der Waals surface area contributed by atoms with Gasteiger partial charge in [0.15, 0.2) is 0 Å². The second kappa shape index (κ2) is 5.00. The van der Waals surface area contributed by atoms with Crippen LogP contribution in [0.1, 0.15) is 0 Å². The van der Waals surface area contributed by atoms with Gasteiger partial charge in [0.2, 0.25) is 5.91 Å². The van der Waals surface area contributed by atoms with E-state index in [1.54, 1.807) is 4.90 Å². The molecule has 7 nitrogen and oxygen atoms in total. The number of primary amides is 1. The van der Waals surface area contributed by atoms with Crippen LogP contribution in [0.15, 0.2) is 11.1 Å². The number of H-pyrrole nitrogens is 1. The number of anilines is 1. The average Bonchev–Trinajstić information content (AvgIpc) is 2.33. The lowest BCUT2D eigenvalue weighted by Crippen LogP contribution is -2.53. The van der Waals surface area contributed by atoms with Crippen molar-refractivity contribution in [3.05, 3.63) is 20.3 Å². The second-order valence-corrected chi connectivity index (χ2v) is 4.63. The smallest absolute Gasteiger partial charge is 0.266 e. The topological polar surface area (TPSA) is 101 Å². The molecular weight excluding hydrogens is 339 g/mol. The Morgan fingerprint density at radius 3 is 3.18 bits per heavy atom. The van der Waals surface area contributed by atoms with Crippen LogP contribution < -0.4 is 16.2 Å². The van der Waals surface area contributed by atoms with E-state index in [4.69, 9.17) is 10.5 Å². The standard InChI is InChI=1S/C9H11IN4O3/c10-6-8(12-4-13-9(6)16)14-1-2-17-3-5(14)7(11)15/h4-5H,1-3H2,(H2,11,15)(H,12,13,16). The molecule has 1 aliphatic heterocycles. The SMILES string of the molecule is NC(=O)C1COCCN1c1nc[nH]c(=O)c1I. The van der Waals surface area contributed by atoms with Crippen LogP contribution in [0.25, 0.3) is 0 Å². The summed E-state index contributed by atoms with van der Waals surface area (Å²) in [4.78, 5) is 31.1. The number of halogens is 1. The predicted octanol–water partition coefficient (Wildman–Crippen LogP) is -0.935. The van der Waals surface area contributed by atoms with E-state index in [9.17, 15) is 9.59 Å². The van der Waals surface area contributed by atoms with Gasteiger partial charge in [-0.1, -0.05) is 0 Å². The van der Waals surface area contributed by atoms with E-state index in [0.29, 0.717) is 22.5 Å². The van der Waals surface area contributed by atoms with Crippen molar-refractivity contribution in [3.63, 3.8) is 0 Å². The molecule has 1 fully saturated rings. The van der Waals surface area contributed by atoms with Gasteiger partial charge >= 0.3 is 0 Å². The summed E-state index contributed by atoms with van der Waals surface area (Å²) in [6.07, 6.45) is 1.31. The number of amides is 1.